The highest BCUT2D eigenvalue weighted by Gasteiger charge is 2.30. The normalized spacial score (nSPS) is 11.8. The molecule has 0 heterocycles. The third-order valence-electron chi connectivity index (χ3n) is 5.30. The summed E-state index contributed by atoms with van der Waals surface area (Å²) in [6, 6.07) is 15.2. The molecule has 23 heavy (non-hydrogen) atoms. The van der Waals surface area contributed by atoms with E-state index in [-0.39, 0.29) is 0 Å². The second-order valence-corrected chi connectivity index (χ2v) is 12.5. The van der Waals surface area contributed by atoms with E-state index < -0.39 is 8.07 Å². The first-order valence-electron chi connectivity index (χ1n) is 9.83. The van der Waals surface area contributed by atoms with Crippen molar-refractivity contribution in [2.75, 3.05) is 0 Å². The lowest BCUT2D eigenvalue weighted by Gasteiger charge is -2.32. The maximum absolute atomic E-state index is 5.91. The Morgan fingerprint density at radius 2 is 1.13 bits per heavy atom. The zero-order valence-electron chi connectivity index (χ0n) is 15.7. The predicted octanol–water partition coefficient (Wildman–Crippen LogP) is 7.82. The molecule has 0 radical (unpaired) electrons. The molecule has 0 bridgehead atoms. The van der Waals surface area contributed by atoms with Crippen LogP contribution in [0.4, 0.5) is 0 Å². The highest BCUT2D eigenvalue weighted by molar-refractivity contribution is 6.79. The van der Waals surface area contributed by atoms with Crippen molar-refractivity contribution in [1.82, 2.24) is 0 Å². The van der Waals surface area contributed by atoms with Gasteiger partial charge in [0.25, 0.3) is 0 Å². The van der Waals surface area contributed by atoms with E-state index in [1.54, 1.807) is 18.1 Å². The highest BCUT2D eigenvalue weighted by atomic mass is 35.5. The maximum Gasteiger partial charge on any atom is 0.0539 e. The summed E-state index contributed by atoms with van der Waals surface area (Å²) in [5.41, 5.74) is 2.75. The number of rotatable bonds is 13. The standard InChI is InChI=1S/C21H37ClSi/c1-4-7-15-23(16-8-5-2,17-9-6-3)18-14-20-10-12-21(19-22)13-11-20/h10-13H,4-9,14-19H2,1-3H3. The third-order valence-corrected chi connectivity index (χ3v) is 11.2. The minimum atomic E-state index is -1.09. The van der Waals surface area contributed by atoms with Crippen LogP contribution in [0.1, 0.15) is 70.4 Å². The fourth-order valence-electron chi connectivity index (χ4n) is 3.61. The van der Waals surface area contributed by atoms with Crippen molar-refractivity contribution in [3.8, 4) is 0 Å². The molecule has 1 rings (SSSR count). The summed E-state index contributed by atoms with van der Waals surface area (Å²) >= 11 is 5.91. The Kier molecular flexibility index (Phi) is 11.0. The molecule has 0 saturated carbocycles. The number of benzene rings is 1. The third kappa shape index (κ3) is 7.89. The van der Waals surface area contributed by atoms with E-state index in [4.69, 9.17) is 11.6 Å². The number of alkyl halides is 1. The van der Waals surface area contributed by atoms with Crippen LogP contribution in [0.5, 0.6) is 0 Å². The molecule has 0 aliphatic rings. The van der Waals surface area contributed by atoms with E-state index in [1.807, 2.05) is 0 Å². The molecule has 0 aliphatic heterocycles. The summed E-state index contributed by atoms with van der Waals surface area (Å²) in [5, 5.41) is 0. The van der Waals surface area contributed by atoms with Gasteiger partial charge in [-0.05, 0) is 17.5 Å². The van der Waals surface area contributed by atoms with E-state index in [0.717, 1.165) is 0 Å². The first-order chi connectivity index (χ1) is 11.2. The molecular weight excluding hydrogens is 316 g/mol. The molecule has 0 spiro atoms. The summed E-state index contributed by atoms with van der Waals surface area (Å²) in [5.74, 6) is 0.627. The van der Waals surface area contributed by atoms with E-state index in [0.29, 0.717) is 5.88 Å². The smallest absolute Gasteiger partial charge is 0.0539 e. The van der Waals surface area contributed by atoms with Crippen LogP contribution < -0.4 is 0 Å². The zero-order chi connectivity index (χ0) is 17.0. The molecule has 0 unspecified atom stereocenters. The SMILES string of the molecule is CCCC[Si](CCCC)(CCCC)CCc1ccc(CCl)cc1. The minimum Gasteiger partial charge on any atom is -0.122 e. The quantitative estimate of drug-likeness (QED) is 0.250. The van der Waals surface area contributed by atoms with E-state index >= 15 is 0 Å². The number of hydrogen-bond acceptors (Lipinski definition) is 0. The van der Waals surface area contributed by atoms with Gasteiger partial charge in [0.2, 0.25) is 0 Å². The van der Waals surface area contributed by atoms with Gasteiger partial charge in [-0.15, -0.1) is 11.6 Å². The van der Waals surface area contributed by atoms with Gasteiger partial charge < -0.3 is 0 Å². The zero-order valence-corrected chi connectivity index (χ0v) is 17.4. The van der Waals surface area contributed by atoms with Gasteiger partial charge in [0.1, 0.15) is 0 Å². The maximum atomic E-state index is 5.91. The first kappa shape index (κ1) is 20.8. The van der Waals surface area contributed by atoms with E-state index in [2.05, 4.69) is 45.0 Å². The van der Waals surface area contributed by atoms with Crippen molar-refractivity contribution in [1.29, 1.82) is 0 Å². The Bertz CT molecular complexity index is 377. The second kappa shape index (κ2) is 12.1. The lowest BCUT2D eigenvalue weighted by molar-refractivity contribution is 0.780. The van der Waals surface area contributed by atoms with Crippen LogP contribution in [0.3, 0.4) is 0 Å². The summed E-state index contributed by atoms with van der Waals surface area (Å²) in [4.78, 5) is 0. The van der Waals surface area contributed by atoms with Crippen molar-refractivity contribution in [3.63, 3.8) is 0 Å². The van der Waals surface area contributed by atoms with Crippen molar-refractivity contribution >= 4 is 19.7 Å². The fraction of sp³-hybridized carbons (Fsp3) is 0.714. The van der Waals surface area contributed by atoms with Crippen molar-refractivity contribution in [3.05, 3.63) is 35.4 Å². The average Bonchev–Trinajstić information content (AvgIpc) is 2.61. The molecular formula is C21H37ClSi. The van der Waals surface area contributed by atoms with Gasteiger partial charge >= 0.3 is 0 Å². The highest BCUT2D eigenvalue weighted by Crippen LogP contribution is 2.33. The van der Waals surface area contributed by atoms with Crippen LogP contribution in [0.25, 0.3) is 0 Å². The summed E-state index contributed by atoms with van der Waals surface area (Å²) in [6.45, 7) is 7.05. The molecule has 0 aliphatic carbocycles. The number of hydrogen-bond donors (Lipinski definition) is 0. The van der Waals surface area contributed by atoms with Gasteiger partial charge in [-0.2, -0.15) is 0 Å². The number of aryl methyl sites for hydroxylation is 1. The Hall–Kier alpha value is -0.273. The van der Waals surface area contributed by atoms with Gasteiger partial charge in [-0.25, -0.2) is 0 Å². The van der Waals surface area contributed by atoms with E-state index in [9.17, 15) is 0 Å². The van der Waals surface area contributed by atoms with Crippen LogP contribution in [0, 0.1) is 0 Å². The molecule has 0 atom stereocenters. The van der Waals surface area contributed by atoms with Crippen molar-refractivity contribution < 1.29 is 0 Å². The molecule has 0 nitrogen and oxygen atoms in total. The van der Waals surface area contributed by atoms with Gasteiger partial charge in [0, 0.05) is 5.88 Å². The van der Waals surface area contributed by atoms with Crippen LogP contribution in [-0.4, -0.2) is 8.07 Å². The van der Waals surface area contributed by atoms with Gasteiger partial charge in [-0.1, -0.05) is 108 Å². The first-order valence-corrected chi connectivity index (χ1v) is 13.2. The van der Waals surface area contributed by atoms with Gasteiger partial charge in [0.05, 0.1) is 8.07 Å². The topological polar surface area (TPSA) is 0 Å². The lowest BCUT2D eigenvalue weighted by Crippen LogP contribution is -2.34. The largest absolute Gasteiger partial charge is 0.122 e. The molecule has 0 fully saturated rings. The van der Waals surface area contributed by atoms with Crippen LogP contribution in [-0.2, 0) is 12.3 Å². The van der Waals surface area contributed by atoms with Gasteiger partial charge in [0.15, 0.2) is 0 Å². The Morgan fingerprint density at radius 1 is 0.696 bits per heavy atom. The number of unbranched alkanes of at least 4 members (excludes halogenated alkanes) is 3. The van der Waals surface area contributed by atoms with Crippen molar-refractivity contribution in [2.24, 2.45) is 0 Å². The molecule has 0 amide bonds. The molecule has 0 saturated heterocycles. The molecule has 1 aromatic carbocycles. The Labute approximate surface area is 151 Å². The lowest BCUT2D eigenvalue weighted by atomic mass is 10.1. The summed E-state index contributed by atoms with van der Waals surface area (Å²) < 4.78 is 0. The van der Waals surface area contributed by atoms with Crippen LogP contribution >= 0.6 is 11.6 Å². The van der Waals surface area contributed by atoms with E-state index in [1.165, 1.54) is 62.1 Å². The number of halogens is 1. The second-order valence-electron chi connectivity index (χ2n) is 7.26. The fourth-order valence-corrected chi connectivity index (χ4v) is 9.42. The molecule has 132 valence electrons. The molecule has 0 N–H and O–H groups in total. The van der Waals surface area contributed by atoms with Crippen LogP contribution in [0.2, 0.25) is 24.2 Å². The average molecular weight is 353 g/mol. The van der Waals surface area contributed by atoms with Crippen molar-refractivity contribution in [2.45, 2.75) is 95.8 Å². The predicted molar refractivity (Wildman–Crippen MR) is 109 cm³/mol. The minimum absolute atomic E-state index is 0.627. The van der Waals surface area contributed by atoms with Crippen LogP contribution in [0.15, 0.2) is 24.3 Å². The monoisotopic (exact) mass is 352 g/mol. The Balaban J connectivity index is 2.73. The summed E-state index contributed by atoms with van der Waals surface area (Å²) in [6.07, 6.45) is 9.71. The summed E-state index contributed by atoms with van der Waals surface area (Å²) in [7, 11) is -1.09. The molecule has 1 aromatic rings. The van der Waals surface area contributed by atoms with Gasteiger partial charge in [-0.3, -0.25) is 0 Å². The molecule has 0 aromatic heterocycles. The Morgan fingerprint density at radius 3 is 1.52 bits per heavy atom. The molecule has 2 heteroatoms.